The quantitative estimate of drug-likeness (QED) is 0.486. The first kappa shape index (κ1) is 21.2. The van der Waals surface area contributed by atoms with Gasteiger partial charge in [-0.05, 0) is 68.4 Å². The van der Waals surface area contributed by atoms with Gasteiger partial charge in [-0.2, -0.15) is 5.10 Å². The molecule has 1 N–H and O–H groups in total. The Morgan fingerprint density at radius 3 is 2.64 bits per heavy atom. The number of aromatic nitrogens is 3. The van der Waals surface area contributed by atoms with Crippen molar-refractivity contribution in [2.45, 2.75) is 32.6 Å². The van der Waals surface area contributed by atoms with Gasteiger partial charge in [0.15, 0.2) is 0 Å². The monoisotopic (exact) mass is 444 g/mol. The summed E-state index contributed by atoms with van der Waals surface area (Å²) in [4.78, 5) is 30.5. The first-order valence-electron chi connectivity index (χ1n) is 11.6. The van der Waals surface area contributed by atoms with E-state index in [-0.39, 0.29) is 11.5 Å². The topological polar surface area (TPSA) is 79.7 Å². The molecule has 2 aromatic carbocycles. The van der Waals surface area contributed by atoms with Gasteiger partial charge in [0.05, 0.1) is 23.7 Å². The molecule has 2 aromatic heterocycles. The first-order chi connectivity index (χ1) is 16.1. The normalized spacial score (nSPS) is 14.8. The van der Waals surface area contributed by atoms with Crippen LogP contribution in [0, 0.1) is 5.92 Å². The minimum atomic E-state index is -0.208. The van der Waals surface area contributed by atoms with Gasteiger partial charge in [0.25, 0.3) is 11.5 Å². The molecule has 0 saturated carbocycles. The summed E-state index contributed by atoms with van der Waals surface area (Å²) >= 11 is 0. The number of fused-ring (bicyclic) bond motifs is 3. The maximum atomic E-state index is 13.2. The lowest BCUT2D eigenvalue weighted by Crippen LogP contribution is -2.38. The summed E-state index contributed by atoms with van der Waals surface area (Å²) in [5, 5.41) is 4.95. The van der Waals surface area contributed by atoms with Gasteiger partial charge in [0, 0.05) is 13.1 Å². The minimum Gasteiger partial charge on any atom is -0.494 e. The second-order valence-electron chi connectivity index (χ2n) is 8.64. The predicted octanol–water partition coefficient (Wildman–Crippen LogP) is 4.06. The van der Waals surface area contributed by atoms with E-state index in [1.54, 1.807) is 16.8 Å². The van der Waals surface area contributed by atoms with Crippen molar-refractivity contribution in [2.75, 3.05) is 19.7 Å². The number of hydrogen-bond acceptors (Lipinski definition) is 4. The Hall–Kier alpha value is -3.61. The second-order valence-corrected chi connectivity index (χ2v) is 8.64. The number of nitrogens with zero attached hydrogens (tertiary/aromatic N) is 3. The summed E-state index contributed by atoms with van der Waals surface area (Å²) in [6, 6.07) is 15.6. The number of carbonyl (C=O) groups excluding carboxylic acids is 1. The first-order valence-corrected chi connectivity index (χ1v) is 11.6. The van der Waals surface area contributed by atoms with Crippen molar-refractivity contribution in [1.82, 2.24) is 19.5 Å². The SMILES string of the molecule is CCOc1ccc(CCC2CCN(C(=O)c3cnn4c3[nH]c(=O)c3ccccc34)CC2)cc1. The molecule has 5 rings (SSSR count). The number of aromatic amines is 1. The fourth-order valence-electron chi connectivity index (χ4n) is 4.72. The third-order valence-electron chi connectivity index (χ3n) is 6.59. The summed E-state index contributed by atoms with van der Waals surface area (Å²) in [6.45, 7) is 4.12. The number of benzene rings is 2. The fourth-order valence-corrected chi connectivity index (χ4v) is 4.72. The fraction of sp³-hybridized carbons (Fsp3) is 0.346. The van der Waals surface area contributed by atoms with Gasteiger partial charge in [-0.3, -0.25) is 9.59 Å². The van der Waals surface area contributed by atoms with Crippen LogP contribution in [-0.4, -0.2) is 45.1 Å². The Bertz CT molecular complexity index is 1330. The molecule has 1 aliphatic heterocycles. The second kappa shape index (κ2) is 9.10. The van der Waals surface area contributed by atoms with Crippen LogP contribution in [0.2, 0.25) is 0 Å². The molecule has 1 saturated heterocycles. The van der Waals surface area contributed by atoms with Crippen LogP contribution in [-0.2, 0) is 6.42 Å². The lowest BCUT2D eigenvalue weighted by atomic mass is 9.90. The molecule has 33 heavy (non-hydrogen) atoms. The number of rotatable bonds is 6. The molecule has 0 radical (unpaired) electrons. The molecular weight excluding hydrogens is 416 g/mol. The maximum absolute atomic E-state index is 13.2. The largest absolute Gasteiger partial charge is 0.494 e. The summed E-state index contributed by atoms with van der Waals surface area (Å²) in [6.07, 6.45) is 5.69. The van der Waals surface area contributed by atoms with E-state index in [0.717, 1.165) is 44.5 Å². The number of nitrogens with one attached hydrogen (secondary N) is 1. The number of hydrogen-bond donors (Lipinski definition) is 1. The van der Waals surface area contributed by atoms with E-state index in [0.29, 0.717) is 34.6 Å². The molecule has 1 fully saturated rings. The highest BCUT2D eigenvalue weighted by Gasteiger charge is 2.26. The van der Waals surface area contributed by atoms with Crippen LogP contribution in [0.3, 0.4) is 0 Å². The zero-order valence-electron chi connectivity index (χ0n) is 18.8. The van der Waals surface area contributed by atoms with E-state index in [2.05, 4.69) is 22.2 Å². The summed E-state index contributed by atoms with van der Waals surface area (Å²) in [7, 11) is 0. The molecule has 170 valence electrons. The standard InChI is InChI=1S/C26H28N4O3/c1-2-33-20-11-9-18(10-12-20)7-8-19-13-15-29(16-14-19)26(32)22-17-27-30-23-6-4-3-5-21(23)25(31)28-24(22)30/h3-6,9-12,17,19H,2,7-8,13-16H2,1H3,(H,28,31). The highest BCUT2D eigenvalue weighted by Crippen LogP contribution is 2.25. The number of likely N-dealkylation sites (tertiary alicyclic amines) is 1. The molecule has 0 aliphatic carbocycles. The van der Waals surface area contributed by atoms with Crippen molar-refractivity contribution < 1.29 is 9.53 Å². The van der Waals surface area contributed by atoms with Gasteiger partial charge in [0.2, 0.25) is 0 Å². The van der Waals surface area contributed by atoms with Gasteiger partial charge in [0.1, 0.15) is 17.0 Å². The smallest absolute Gasteiger partial charge is 0.259 e. The van der Waals surface area contributed by atoms with Gasteiger partial charge in [-0.15, -0.1) is 0 Å². The van der Waals surface area contributed by atoms with Crippen LogP contribution in [0.15, 0.2) is 59.5 Å². The zero-order chi connectivity index (χ0) is 22.8. The molecule has 7 nitrogen and oxygen atoms in total. The maximum Gasteiger partial charge on any atom is 0.259 e. The number of amides is 1. The van der Waals surface area contributed by atoms with Crippen molar-refractivity contribution in [3.05, 3.63) is 76.2 Å². The highest BCUT2D eigenvalue weighted by atomic mass is 16.5. The molecule has 1 amide bonds. The van der Waals surface area contributed by atoms with Crippen LogP contribution in [0.25, 0.3) is 16.6 Å². The van der Waals surface area contributed by atoms with E-state index in [1.165, 1.54) is 5.56 Å². The molecule has 0 bridgehead atoms. The van der Waals surface area contributed by atoms with Crippen LogP contribution < -0.4 is 10.3 Å². The lowest BCUT2D eigenvalue weighted by Gasteiger charge is -2.32. The Labute approximate surface area is 192 Å². The number of piperidine rings is 1. The Kier molecular flexibility index (Phi) is 5.86. The zero-order valence-corrected chi connectivity index (χ0v) is 18.8. The number of aryl methyl sites for hydroxylation is 1. The Balaban J connectivity index is 1.23. The number of ether oxygens (including phenoxy) is 1. The minimum absolute atomic E-state index is 0.0686. The predicted molar refractivity (Wildman–Crippen MR) is 128 cm³/mol. The van der Waals surface area contributed by atoms with E-state index in [9.17, 15) is 9.59 Å². The van der Waals surface area contributed by atoms with E-state index in [4.69, 9.17) is 4.74 Å². The molecule has 7 heteroatoms. The Morgan fingerprint density at radius 2 is 1.88 bits per heavy atom. The van der Waals surface area contributed by atoms with E-state index >= 15 is 0 Å². The van der Waals surface area contributed by atoms with Crippen molar-refractivity contribution in [3.63, 3.8) is 0 Å². The van der Waals surface area contributed by atoms with Crippen LogP contribution >= 0.6 is 0 Å². The molecular formula is C26H28N4O3. The van der Waals surface area contributed by atoms with Gasteiger partial charge in [-0.1, -0.05) is 24.3 Å². The molecule has 3 heterocycles. The summed E-state index contributed by atoms with van der Waals surface area (Å²) in [5.41, 5.74) is 2.72. The summed E-state index contributed by atoms with van der Waals surface area (Å²) < 4.78 is 7.16. The number of H-pyrrole nitrogens is 1. The third kappa shape index (κ3) is 4.23. The van der Waals surface area contributed by atoms with E-state index < -0.39 is 0 Å². The average Bonchev–Trinajstić information content (AvgIpc) is 3.28. The van der Waals surface area contributed by atoms with Gasteiger partial charge in [-0.25, -0.2) is 4.52 Å². The molecule has 4 aromatic rings. The van der Waals surface area contributed by atoms with Gasteiger partial charge >= 0.3 is 0 Å². The highest BCUT2D eigenvalue weighted by molar-refractivity contribution is 6.00. The number of carbonyl (C=O) groups is 1. The van der Waals surface area contributed by atoms with Crippen molar-refractivity contribution in [3.8, 4) is 5.75 Å². The van der Waals surface area contributed by atoms with Crippen LogP contribution in [0.5, 0.6) is 5.75 Å². The molecule has 0 spiro atoms. The van der Waals surface area contributed by atoms with Crippen LogP contribution in [0.4, 0.5) is 0 Å². The third-order valence-corrected chi connectivity index (χ3v) is 6.59. The summed E-state index contributed by atoms with van der Waals surface area (Å²) in [5.74, 6) is 1.45. The van der Waals surface area contributed by atoms with Crippen molar-refractivity contribution in [1.29, 1.82) is 0 Å². The van der Waals surface area contributed by atoms with Crippen molar-refractivity contribution >= 4 is 22.5 Å². The number of para-hydroxylation sites is 1. The molecule has 1 aliphatic rings. The van der Waals surface area contributed by atoms with E-state index in [1.807, 2.05) is 42.2 Å². The molecule has 0 atom stereocenters. The lowest BCUT2D eigenvalue weighted by molar-refractivity contribution is 0.0688. The van der Waals surface area contributed by atoms with Crippen molar-refractivity contribution in [2.24, 2.45) is 5.92 Å². The van der Waals surface area contributed by atoms with Crippen LogP contribution in [0.1, 0.15) is 42.1 Å². The Morgan fingerprint density at radius 1 is 1.12 bits per heavy atom. The van der Waals surface area contributed by atoms with Gasteiger partial charge < -0.3 is 14.6 Å². The average molecular weight is 445 g/mol. The molecule has 0 unspecified atom stereocenters.